The Labute approximate surface area is 112 Å². The van der Waals surface area contributed by atoms with E-state index in [1.165, 1.54) is 4.90 Å². The number of hydrogen-bond acceptors (Lipinski definition) is 3. The van der Waals surface area contributed by atoms with Crippen LogP contribution in [0.4, 0.5) is 0 Å². The first-order valence-corrected chi connectivity index (χ1v) is 6.22. The Hall–Kier alpha value is -1.88. The van der Waals surface area contributed by atoms with Crippen molar-refractivity contribution >= 4 is 11.9 Å². The van der Waals surface area contributed by atoms with Crippen LogP contribution in [-0.4, -0.2) is 39.6 Å². The van der Waals surface area contributed by atoms with Crippen molar-refractivity contribution < 1.29 is 19.8 Å². The lowest BCUT2D eigenvalue weighted by Crippen LogP contribution is -2.44. The van der Waals surface area contributed by atoms with Crippen molar-refractivity contribution in [3.8, 4) is 0 Å². The molecule has 0 bridgehead atoms. The van der Waals surface area contributed by atoms with Gasteiger partial charge in [0.15, 0.2) is 6.10 Å². The van der Waals surface area contributed by atoms with E-state index in [0.29, 0.717) is 12.0 Å². The van der Waals surface area contributed by atoms with Crippen molar-refractivity contribution in [2.24, 2.45) is 0 Å². The van der Waals surface area contributed by atoms with Crippen LogP contribution in [0.3, 0.4) is 0 Å². The second-order valence-corrected chi connectivity index (χ2v) is 4.43. The smallest absolute Gasteiger partial charge is 0.323 e. The van der Waals surface area contributed by atoms with Crippen molar-refractivity contribution in [1.29, 1.82) is 0 Å². The lowest BCUT2D eigenvalue weighted by atomic mass is 10.1. The Morgan fingerprint density at radius 1 is 1.26 bits per heavy atom. The molecule has 5 nitrogen and oxygen atoms in total. The first kappa shape index (κ1) is 15.2. The molecular formula is C14H19NO4. The molecule has 0 spiro atoms. The van der Waals surface area contributed by atoms with E-state index in [0.717, 1.165) is 0 Å². The minimum absolute atomic E-state index is 0.234. The largest absolute Gasteiger partial charge is 0.480 e. The van der Waals surface area contributed by atoms with Gasteiger partial charge in [0.05, 0.1) is 0 Å². The van der Waals surface area contributed by atoms with Crippen LogP contribution in [0, 0.1) is 0 Å². The van der Waals surface area contributed by atoms with Crippen LogP contribution in [0.2, 0.25) is 0 Å². The molecule has 0 aliphatic carbocycles. The number of nitrogens with zero attached hydrogens (tertiary/aromatic N) is 1. The molecule has 0 aliphatic rings. The van der Waals surface area contributed by atoms with Gasteiger partial charge in [-0.3, -0.25) is 9.59 Å². The number of benzene rings is 1. The molecule has 2 unspecified atom stereocenters. The minimum Gasteiger partial charge on any atom is -0.480 e. The summed E-state index contributed by atoms with van der Waals surface area (Å²) in [6.45, 7) is 3.22. The number of carboxylic acids is 1. The predicted octanol–water partition coefficient (Wildman–Crippen LogP) is 1.43. The van der Waals surface area contributed by atoms with Crippen molar-refractivity contribution in [3.05, 3.63) is 35.9 Å². The van der Waals surface area contributed by atoms with Crippen LogP contribution in [0.25, 0.3) is 0 Å². The van der Waals surface area contributed by atoms with Gasteiger partial charge in [-0.25, -0.2) is 0 Å². The molecule has 1 rings (SSSR count). The van der Waals surface area contributed by atoms with Gasteiger partial charge in [-0.05, 0) is 18.9 Å². The zero-order valence-electron chi connectivity index (χ0n) is 11.1. The van der Waals surface area contributed by atoms with E-state index in [4.69, 9.17) is 5.11 Å². The van der Waals surface area contributed by atoms with Crippen molar-refractivity contribution in [2.75, 3.05) is 6.54 Å². The molecule has 19 heavy (non-hydrogen) atoms. The van der Waals surface area contributed by atoms with Crippen molar-refractivity contribution in [1.82, 2.24) is 4.90 Å². The van der Waals surface area contributed by atoms with Gasteiger partial charge in [-0.1, -0.05) is 37.3 Å². The summed E-state index contributed by atoms with van der Waals surface area (Å²) in [6.07, 6.45) is -0.699. The zero-order chi connectivity index (χ0) is 14.4. The minimum atomic E-state index is -1.32. The highest BCUT2D eigenvalue weighted by Gasteiger charge is 2.28. The molecule has 0 heterocycles. The number of amides is 1. The van der Waals surface area contributed by atoms with Crippen molar-refractivity contribution in [3.63, 3.8) is 0 Å². The second-order valence-electron chi connectivity index (χ2n) is 4.43. The summed E-state index contributed by atoms with van der Waals surface area (Å²) in [7, 11) is 0. The van der Waals surface area contributed by atoms with Crippen LogP contribution in [-0.2, 0) is 9.59 Å². The summed E-state index contributed by atoms with van der Waals surface area (Å²) in [5.41, 5.74) is 0.464. The third-order valence-electron chi connectivity index (χ3n) is 3.06. The number of carboxylic acid groups (broad SMARTS) is 1. The second kappa shape index (κ2) is 6.89. The van der Waals surface area contributed by atoms with Gasteiger partial charge in [0.1, 0.15) is 6.54 Å². The molecule has 104 valence electrons. The summed E-state index contributed by atoms with van der Waals surface area (Å²) in [6, 6.07) is 8.26. The molecule has 1 amide bonds. The highest BCUT2D eigenvalue weighted by atomic mass is 16.4. The van der Waals surface area contributed by atoms with Crippen LogP contribution in [0.15, 0.2) is 30.3 Å². The van der Waals surface area contributed by atoms with Crippen LogP contribution in [0.1, 0.15) is 31.9 Å². The SMILES string of the molecule is CCC(C)N(CC(=O)O)C(=O)C(O)c1ccccc1. The number of hydrogen-bond donors (Lipinski definition) is 2. The molecule has 0 aromatic heterocycles. The lowest BCUT2D eigenvalue weighted by molar-refractivity contribution is -0.151. The Balaban J connectivity index is 2.90. The van der Waals surface area contributed by atoms with Crippen LogP contribution < -0.4 is 0 Å². The Morgan fingerprint density at radius 2 is 1.84 bits per heavy atom. The zero-order valence-corrected chi connectivity index (χ0v) is 11.1. The molecule has 1 aromatic carbocycles. The van der Waals surface area contributed by atoms with Gasteiger partial charge in [0.25, 0.3) is 5.91 Å². The summed E-state index contributed by atoms with van der Waals surface area (Å²) < 4.78 is 0. The van der Waals surface area contributed by atoms with Gasteiger partial charge < -0.3 is 15.1 Å². The van der Waals surface area contributed by atoms with E-state index < -0.39 is 24.5 Å². The van der Waals surface area contributed by atoms with Crippen molar-refractivity contribution in [2.45, 2.75) is 32.4 Å². The molecule has 0 radical (unpaired) electrons. The molecular weight excluding hydrogens is 246 g/mol. The van der Waals surface area contributed by atoms with Gasteiger partial charge in [-0.2, -0.15) is 0 Å². The number of carbonyl (C=O) groups is 2. The van der Waals surface area contributed by atoms with E-state index in [1.54, 1.807) is 37.3 Å². The molecule has 5 heteroatoms. The third-order valence-corrected chi connectivity index (χ3v) is 3.06. The quantitative estimate of drug-likeness (QED) is 0.815. The topological polar surface area (TPSA) is 77.8 Å². The maximum Gasteiger partial charge on any atom is 0.323 e. The standard InChI is InChI=1S/C14H19NO4/c1-3-10(2)15(9-12(16)17)14(19)13(18)11-7-5-4-6-8-11/h4-8,10,13,18H,3,9H2,1-2H3,(H,16,17). The van der Waals surface area contributed by atoms with Gasteiger partial charge in [0.2, 0.25) is 0 Å². The monoisotopic (exact) mass is 265 g/mol. The lowest BCUT2D eigenvalue weighted by Gasteiger charge is -2.29. The number of aliphatic hydroxyl groups is 1. The van der Waals surface area contributed by atoms with Crippen LogP contribution in [0.5, 0.6) is 0 Å². The average molecular weight is 265 g/mol. The average Bonchev–Trinajstić information content (AvgIpc) is 2.43. The first-order valence-electron chi connectivity index (χ1n) is 6.22. The van der Waals surface area contributed by atoms with E-state index in [9.17, 15) is 14.7 Å². The van der Waals surface area contributed by atoms with E-state index in [-0.39, 0.29) is 6.04 Å². The van der Waals surface area contributed by atoms with E-state index >= 15 is 0 Å². The molecule has 0 fully saturated rings. The highest BCUT2D eigenvalue weighted by Crippen LogP contribution is 2.17. The summed E-state index contributed by atoms with van der Waals surface area (Å²) in [5.74, 6) is -1.67. The fraction of sp³-hybridized carbons (Fsp3) is 0.429. The van der Waals surface area contributed by atoms with Gasteiger partial charge in [0, 0.05) is 6.04 Å². The molecule has 0 saturated carbocycles. The fourth-order valence-electron chi connectivity index (χ4n) is 1.75. The number of aliphatic hydroxyl groups excluding tert-OH is 1. The summed E-state index contributed by atoms with van der Waals surface area (Å²) in [4.78, 5) is 24.2. The summed E-state index contributed by atoms with van der Waals surface area (Å²) in [5, 5.41) is 18.9. The number of rotatable bonds is 6. The maximum atomic E-state index is 12.2. The highest BCUT2D eigenvalue weighted by molar-refractivity contribution is 5.85. The molecule has 0 saturated heterocycles. The van der Waals surface area contributed by atoms with Gasteiger partial charge >= 0.3 is 5.97 Å². The first-order chi connectivity index (χ1) is 8.97. The fourth-order valence-corrected chi connectivity index (χ4v) is 1.75. The third kappa shape index (κ3) is 4.06. The van der Waals surface area contributed by atoms with E-state index in [2.05, 4.69) is 0 Å². The molecule has 2 N–H and O–H groups in total. The Kier molecular flexibility index (Phi) is 5.51. The molecule has 2 atom stereocenters. The number of aliphatic carboxylic acids is 1. The van der Waals surface area contributed by atoms with E-state index in [1.807, 2.05) is 6.92 Å². The Morgan fingerprint density at radius 3 is 2.32 bits per heavy atom. The maximum absolute atomic E-state index is 12.2. The Bertz CT molecular complexity index is 432. The predicted molar refractivity (Wildman–Crippen MR) is 70.5 cm³/mol. The molecule has 1 aromatic rings. The summed E-state index contributed by atoms with van der Waals surface area (Å²) >= 11 is 0. The van der Waals surface area contributed by atoms with Crippen LogP contribution >= 0.6 is 0 Å². The normalized spacial score (nSPS) is 13.6. The number of carbonyl (C=O) groups excluding carboxylic acids is 1. The molecule has 0 aliphatic heterocycles. The van der Waals surface area contributed by atoms with Gasteiger partial charge in [-0.15, -0.1) is 0 Å².